The molecular formula is C18H24N2O3S. The van der Waals surface area contributed by atoms with Crippen LogP contribution in [0.5, 0.6) is 5.75 Å². The third kappa shape index (κ3) is 3.71. The van der Waals surface area contributed by atoms with Gasteiger partial charge in [0.1, 0.15) is 5.75 Å². The molecule has 0 bridgehead atoms. The highest BCUT2D eigenvalue weighted by atomic mass is 32.2. The minimum atomic E-state index is -3.54. The summed E-state index contributed by atoms with van der Waals surface area (Å²) in [6.45, 7) is 3.32. The predicted octanol–water partition coefficient (Wildman–Crippen LogP) is 2.61. The Balaban J connectivity index is 1.78. The molecule has 1 N–H and O–H groups in total. The molecule has 1 aliphatic rings. The van der Waals surface area contributed by atoms with E-state index in [2.05, 4.69) is 9.62 Å². The molecule has 0 unspecified atom stereocenters. The lowest BCUT2D eigenvalue weighted by atomic mass is 10.1. The van der Waals surface area contributed by atoms with Crippen LogP contribution >= 0.6 is 0 Å². The number of fused-ring (bicyclic) bond motifs is 1. The maximum absolute atomic E-state index is 12.7. The maximum Gasteiger partial charge on any atom is 0.241 e. The van der Waals surface area contributed by atoms with Crippen molar-refractivity contribution in [3.05, 3.63) is 36.4 Å². The lowest BCUT2D eigenvalue weighted by Gasteiger charge is -2.26. The van der Waals surface area contributed by atoms with Crippen LogP contribution in [0.2, 0.25) is 0 Å². The van der Waals surface area contributed by atoms with Gasteiger partial charge >= 0.3 is 0 Å². The Bertz CT molecular complexity index is 799. The van der Waals surface area contributed by atoms with Crippen LogP contribution in [0, 0.1) is 0 Å². The van der Waals surface area contributed by atoms with Crippen molar-refractivity contribution in [2.24, 2.45) is 0 Å². The zero-order chi connectivity index (χ0) is 17.0. The molecule has 0 spiro atoms. The Labute approximate surface area is 143 Å². The van der Waals surface area contributed by atoms with Gasteiger partial charge in [0.15, 0.2) is 0 Å². The van der Waals surface area contributed by atoms with Crippen LogP contribution in [0.15, 0.2) is 41.3 Å². The van der Waals surface area contributed by atoms with Gasteiger partial charge in [-0.3, -0.25) is 0 Å². The minimum absolute atomic E-state index is 0.303. The summed E-state index contributed by atoms with van der Waals surface area (Å²) in [6.07, 6.45) is 3.69. The first-order valence-corrected chi connectivity index (χ1v) is 9.88. The van der Waals surface area contributed by atoms with Crippen molar-refractivity contribution in [1.82, 2.24) is 9.62 Å². The van der Waals surface area contributed by atoms with E-state index < -0.39 is 10.0 Å². The number of likely N-dealkylation sites (tertiary alicyclic amines) is 1. The van der Waals surface area contributed by atoms with E-state index in [-0.39, 0.29) is 0 Å². The second kappa shape index (κ2) is 7.51. The summed E-state index contributed by atoms with van der Waals surface area (Å²) < 4.78 is 33.5. The summed E-state index contributed by atoms with van der Waals surface area (Å²) in [6, 6.07) is 10.7. The average Bonchev–Trinajstić information content (AvgIpc) is 2.61. The van der Waals surface area contributed by atoms with Gasteiger partial charge in [0.2, 0.25) is 10.0 Å². The van der Waals surface area contributed by atoms with Crippen molar-refractivity contribution >= 4 is 20.8 Å². The number of benzene rings is 2. The average molecular weight is 348 g/mol. The monoisotopic (exact) mass is 348 g/mol. The molecule has 2 aromatic carbocycles. The van der Waals surface area contributed by atoms with E-state index in [1.54, 1.807) is 19.2 Å². The van der Waals surface area contributed by atoms with Gasteiger partial charge in [-0.2, -0.15) is 0 Å². The van der Waals surface area contributed by atoms with Gasteiger partial charge in [-0.1, -0.05) is 30.7 Å². The number of rotatable bonds is 6. The zero-order valence-corrected chi connectivity index (χ0v) is 14.8. The van der Waals surface area contributed by atoms with Gasteiger partial charge in [0, 0.05) is 23.9 Å². The number of piperidine rings is 1. The summed E-state index contributed by atoms with van der Waals surface area (Å²) in [5.74, 6) is 0.679. The summed E-state index contributed by atoms with van der Waals surface area (Å²) in [5.41, 5.74) is 0. The molecule has 24 heavy (non-hydrogen) atoms. The van der Waals surface area contributed by atoms with Crippen LogP contribution in [-0.2, 0) is 10.0 Å². The lowest BCUT2D eigenvalue weighted by molar-refractivity contribution is 0.233. The Morgan fingerprint density at radius 3 is 2.46 bits per heavy atom. The van der Waals surface area contributed by atoms with Crippen molar-refractivity contribution in [2.45, 2.75) is 24.2 Å². The molecule has 0 saturated carbocycles. The first kappa shape index (κ1) is 17.2. The molecule has 0 amide bonds. The number of hydrogen-bond acceptors (Lipinski definition) is 4. The molecule has 1 heterocycles. The van der Waals surface area contributed by atoms with Crippen molar-refractivity contribution in [3.8, 4) is 5.75 Å². The molecule has 6 heteroatoms. The second-order valence-electron chi connectivity index (χ2n) is 6.11. The predicted molar refractivity (Wildman–Crippen MR) is 96.0 cm³/mol. The highest BCUT2D eigenvalue weighted by molar-refractivity contribution is 7.89. The Morgan fingerprint density at radius 1 is 1.04 bits per heavy atom. The molecule has 1 saturated heterocycles. The SMILES string of the molecule is COc1ccc(S(=O)(=O)NCCN2CCCCC2)c2ccccc12. The van der Waals surface area contributed by atoms with Gasteiger partial charge in [-0.25, -0.2) is 13.1 Å². The highest BCUT2D eigenvalue weighted by Gasteiger charge is 2.19. The number of nitrogens with one attached hydrogen (secondary N) is 1. The highest BCUT2D eigenvalue weighted by Crippen LogP contribution is 2.30. The van der Waals surface area contributed by atoms with Crippen LogP contribution in [0.4, 0.5) is 0 Å². The number of ether oxygens (including phenoxy) is 1. The van der Waals surface area contributed by atoms with Crippen molar-refractivity contribution in [3.63, 3.8) is 0 Å². The summed E-state index contributed by atoms with van der Waals surface area (Å²) >= 11 is 0. The molecule has 0 atom stereocenters. The number of sulfonamides is 1. The number of nitrogens with zero attached hydrogens (tertiary/aromatic N) is 1. The van der Waals surface area contributed by atoms with Gasteiger partial charge in [-0.15, -0.1) is 0 Å². The minimum Gasteiger partial charge on any atom is -0.496 e. The van der Waals surface area contributed by atoms with Crippen molar-refractivity contribution in [2.75, 3.05) is 33.3 Å². The molecule has 0 aliphatic carbocycles. The molecule has 0 aromatic heterocycles. The van der Waals surface area contributed by atoms with Gasteiger partial charge in [0.25, 0.3) is 0 Å². The van der Waals surface area contributed by atoms with Crippen LogP contribution in [0.3, 0.4) is 0 Å². The fourth-order valence-electron chi connectivity index (χ4n) is 3.25. The van der Waals surface area contributed by atoms with E-state index in [4.69, 9.17) is 4.74 Å². The zero-order valence-electron chi connectivity index (χ0n) is 14.0. The summed E-state index contributed by atoms with van der Waals surface area (Å²) in [7, 11) is -1.95. The summed E-state index contributed by atoms with van der Waals surface area (Å²) in [5, 5.41) is 1.49. The molecule has 1 aliphatic heterocycles. The lowest BCUT2D eigenvalue weighted by Crippen LogP contribution is -2.37. The van der Waals surface area contributed by atoms with Crippen LogP contribution in [0.1, 0.15) is 19.3 Å². The van der Waals surface area contributed by atoms with E-state index in [0.717, 1.165) is 25.0 Å². The van der Waals surface area contributed by atoms with Crippen molar-refractivity contribution in [1.29, 1.82) is 0 Å². The Morgan fingerprint density at radius 2 is 1.75 bits per heavy atom. The first-order chi connectivity index (χ1) is 11.6. The Hall–Kier alpha value is -1.63. The molecule has 0 radical (unpaired) electrons. The fraction of sp³-hybridized carbons (Fsp3) is 0.444. The third-order valence-corrected chi connectivity index (χ3v) is 6.04. The molecule has 3 rings (SSSR count). The normalized spacial score (nSPS) is 16.4. The quantitative estimate of drug-likeness (QED) is 0.872. The largest absolute Gasteiger partial charge is 0.496 e. The van der Waals surface area contributed by atoms with E-state index >= 15 is 0 Å². The van der Waals surface area contributed by atoms with E-state index in [1.165, 1.54) is 19.3 Å². The molecule has 2 aromatic rings. The molecule has 1 fully saturated rings. The first-order valence-electron chi connectivity index (χ1n) is 8.39. The van der Waals surface area contributed by atoms with Gasteiger partial charge < -0.3 is 9.64 Å². The fourth-order valence-corrected chi connectivity index (χ4v) is 4.49. The standard InChI is InChI=1S/C18H24N2O3S/c1-23-17-9-10-18(16-8-4-3-7-15(16)17)24(21,22)19-11-14-20-12-5-2-6-13-20/h3-4,7-10,19H,2,5-6,11-14H2,1H3. The van der Waals surface area contributed by atoms with Gasteiger partial charge in [-0.05, 0) is 38.1 Å². The number of hydrogen-bond donors (Lipinski definition) is 1. The van der Waals surface area contributed by atoms with E-state index in [9.17, 15) is 8.42 Å². The summed E-state index contributed by atoms with van der Waals surface area (Å²) in [4.78, 5) is 2.62. The van der Waals surface area contributed by atoms with E-state index in [0.29, 0.717) is 22.6 Å². The molecule has 5 nitrogen and oxygen atoms in total. The van der Waals surface area contributed by atoms with E-state index in [1.807, 2.05) is 24.3 Å². The maximum atomic E-state index is 12.7. The molecule has 130 valence electrons. The van der Waals surface area contributed by atoms with Crippen molar-refractivity contribution < 1.29 is 13.2 Å². The second-order valence-corrected chi connectivity index (χ2v) is 7.85. The van der Waals surface area contributed by atoms with Crippen LogP contribution in [-0.4, -0.2) is 46.6 Å². The topological polar surface area (TPSA) is 58.6 Å². The van der Waals surface area contributed by atoms with Crippen LogP contribution < -0.4 is 9.46 Å². The van der Waals surface area contributed by atoms with Crippen LogP contribution in [0.25, 0.3) is 10.8 Å². The number of methoxy groups -OCH3 is 1. The smallest absolute Gasteiger partial charge is 0.241 e. The third-order valence-electron chi connectivity index (χ3n) is 4.52. The Kier molecular flexibility index (Phi) is 5.38. The van der Waals surface area contributed by atoms with Gasteiger partial charge in [0.05, 0.1) is 12.0 Å². The molecular weight excluding hydrogens is 324 g/mol.